The molecule has 0 saturated heterocycles. The number of alkyl halides is 1. The molecule has 25 heavy (non-hydrogen) atoms. The predicted octanol–water partition coefficient (Wildman–Crippen LogP) is 5.45. The average Bonchev–Trinajstić information content (AvgIpc) is 2.65. The number of carbonyl (C=O) groups excluding carboxylic acids is 1. The molecule has 0 amide bonds. The summed E-state index contributed by atoms with van der Waals surface area (Å²) < 4.78 is 18.2. The highest BCUT2D eigenvalue weighted by Crippen LogP contribution is 2.36. The number of hydrogen-bond acceptors (Lipinski definition) is 3. The molecular formula is C21H23FO2S. The summed E-state index contributed by atoms with van der Waals surface area (Å²) >= 11 is 1.66. The zero-order valence-corrected chi connectivity index (χ0v) is 15.2. The summed E-state index contributed by atoms with van der Waals surface area (Å²) in [4.78, 5) is 12.5. The van der Waals surface area contributed by atoms with Gasteiger partial charge >= 0.3 is 0 Å². The molecule has 2 aromatic rings. The van der Waals surface area contributed by atoms with Gasteiger partial charge in [-0.2, -0.15) is 0 Å². The van der Waals surface area contributed by atoms with E-state index in [0.717, 1.165) is 18.6 Å². The summed E-state index contributed by atoms with van der Waals surface area (Å²) in [6.45, 7) is 1.69. The maximum atomic E-state index is 12.5. The van der Waals surface area contributed by atoms with Gasteiger partial charge in [-0.1, -0.05) is 43.3 Å². The third-order valence-corrected chi connectivity index (χ3v) is 5.84. The number of benzene rings is 2. The molecule has 2 nitrogen and oxygen atoms in total. The van der Waals surface area contributed by atoms with Gasteiger partial charge < -0.3 is 4.74 Å². The molecule has 2 unspecified atom stereocenters. The summed E-state index contributed by atoms with van der Waals surface area (Å²) in [6.07, 6.45) is 2.44. The first-order chi connectivity index (χ1) is 12.2. The standard InChI is InChI=1S/C21H23FO2S/c1-15-20(23)18-7-2-3-8-19(18)24-21(15)25-14-17-11-9-16(10-12-17)6-4-5-13-22/h2-3,7-12,15,21H,4-6,13-14H2,1H3. The van der Waals surface area contributed by atoms with Crippen molar-refractivity contribution < 1.29 is 13.9 Å². The molecule has 4 heteroatoms. The van der Waals surface area contributed by atoms with Crippen molar-refractivity contribution in [3.05, 3.63) is 65.2 Å². The molecule has 3 rings (SSSR count). The molecule has 1 aliphatic rings. The minimum absolute atomic E-state index is 0.153. The topological polar surface area (TPSA) is 26.3 Å². The van der Waals surface area contributed by atoms with Crippen LogP contribution in [0.4, 0.5) is 4.39 Å². The van der Waals surface area contributed by atoms with E-state index in [1.165, 1.54) is 11.1 Å². The Labute approximate surface area is 152 Å². The largest absolute Gasteiger partial charge is 0.478 e. The van der Waals surface area contributed by atoms with Crippen LogP contribution < -0.4 is 4.74 Å². The molecule has 132 valence electrons. The number of para-hydroxylation sites is 1. The number of unbranched alkanes of at least 4 members (excludes halogenated alkanes) is 1. The van der Waals surface area contributed by atoms with Crippen molar-refractivity contribution in [3.8, 4) is 5.75 Å². The molecule has 0 bridgehead atoms. The normalized spacial score (nSPS) is 19.4. The van der Waals surface area contributed by atoms with Crippen molar-refractivity contribution >= 4 is 17.5 Å². The number of halogens is 1. The second-order valence-electron chi connectivity index (χ2n) is 6.41. The van der Waals surface area contributed by atoms with Gasteiger partial charge in [0.15, 0.2) is 11.2 Å². The molecule has 1 aliphatic heterocycles. The summed E-state index contributed by atoms with van der Waals surface area (Å²) in [5.41, 5.74) is 2.98. The number of ketones is 1. The quantitative estimate of drug-likeness (QED) is 0.616. The van der Waals surface area contributed by atoms with Gasteiger partial charge in [0.05, 0.1) is 18.2 Å². The van der Waals surface area contributed by atoms with E-state index in [1.807, 2.05) is 31.2 Å². The SMILES string of the molecule is CC1C(=O)c2ccccc2OC1SCc1ccc(CCCCF)cc1. The smallest absolute Gasteiger partial charge is 0.173 e. The summed E-state index contributed by atoms with van der Waals surface area (Å²) in [5.74, 6) is 1.49. The Morgan fingerprint density at radius 1 is 1.04 bits per heavy atom. The Balaban J connectivity index is 1.57. The Bertz CT molecular complexity index is 714. The third-order valence-electron chi connectivity index (χ3n) is 4.50. The van der Waals surface area contributed by atoms with Crippen LogP contribution in [0.25, 0.3) is 0 Å². The van der Waals surface area contributed by atoms with E-state index in [2.05, 4.69) is 24.3 Å². The molecule has 0 aliphatic carbocycles. The summed E-state index contributed by atoms with van der Waals surface area (Å²) in [5, 5.41) is 0. The zero-order valence-electron chi connectivity index (χ0n) is 14.4. The van der Waals surface area contributed by atoms with Gasteiger partial charge in [0.25, 0.3) is 0 Å². The monoisotopic (exact) mass is 358 g/mol. The van der Waals surface area contributed by atoms with E-state index in [4.69, 9.17) is 4.74 Å². The fourth-order valence-corrected chi connectivity index (χ4v) is 4.08. The zero-order chi connectivity index (χ0) is 17.6. The number of thioether (sulfide) groups is 1. The van der Waals surface area contributed by atoms with Crippen LogP contribution in [0.1, 0.15) is 41.3 Å². The van der Waals surface area contributed by atoms with E-state index in [0.29, 0.717) is 17.7 Å². The molecule has 1 heterocycles. The average molecular weight is 358 g/mol. The van der Waals surface area contributed by atoms with E-state index in [1.54, 1.807) is 11.8 Å². The van der Waals surface area contributed by atoms with Gasteiger partial charge in [-0.15, -0.1) is 11.8 Å². The highest BCUT2D eigenvalue weighted by atomic mass is 32.2. The van der Waals surface area contributed by atoms with Crippen LogP contribution in [0.5, 0.6) is 5.75 Å². The molecule has 0 N–H and O–H groups in total. The summed E-state index contributed by atoms with van der Waals surface area (Å²) in [7, 11) is 0. The number of ether oxygens (including phenoxy) is 1. The third kappa shape index (κ3) is 4.43. The van der Waals surface area contributed by atoms with Crippen LogP contribution in [-0.2, 0) is 12.2 Å². The second kappa shape index (κ2) is 8.52. The van der Waals surface area contributed by atoms with Gasteiger partial charge in [0.2, 0.25) is 0 Å². The molecule has 0 radical (unpaired) electrons. The number of hydrogen-bond donors (Lipinski definition) is 0. The van der Waals surface area contributed by atoms with Crippen molar-refractivity contribution in [2.45, 2.75) is 37.4 Å². The fraction of sp³-hybridized carbons (Fsp3) is 0.381. The number of aryl methyl sites for hydroxylation is 1. The van der Waals surface area contributed by atoms with Crippen molar-refractivity contribution in [1.29, 1.82) is 0 Å². The maximum Gasteiger partial charge on any atom is 0.173 e. The highest BCUT2D eigenvalue weighted by molar-refractivity contribution is 7.99. The second-order valence-corrected chi connectivity index (χ2v) is 7.50. The van der Waals surface area contributed by atoms with Crippen LogP contribution in [0, 0.1) is 5.92 Å². The van der Waals surface area contributed by atoms with Crippen molar-refractivity contribution in [2.24, 2.45) is 5.92 Å². The highest BCUT2D eigenvalue weighted by Gasteiger charge is 2.33. The number of Topliss-reactive ketones (excluding diaryl/α,β-unsaturated/α-hetero) is 1. The van der Waals surface area contributed by atoms with Crippen molar-refractivity contribution in [3.63, 3.8) is 0 Å². The first-order valence-electron chi connectivity index (χ1n) is 8.74. The van der Waals surface area contributed by atoms with Crippen LogP contribution >= 0.6 is 11.8 Å². The van der Waals surface area contributed by atoms with E-state index in [-0.39, 0.29) is 23.8 Å². The number of fused-ring (bicyclic) bond motifs is 1. The first kappa shape index (κ1) is 18.0. The lowest BCUT2D eigenvalue weighted by Crippen LogP contribution is -2.33. The van der Waals surface area contributed by atoms with Gasteiger partial charge in [0.1, 0.15) is 5.75 Å². The molecule has 0 spiro atoms. The molecule has 0 aromatic heterocycles. The Hall–Kier alpha value is -1.81. The Kier molecular flexibility index (Phi) is 6.14. The lowest BCUT2D eigenvalue weighted by Gasteiger charge is -2.29. The van der Waals surface area contributed by atoms with E-state index < -0.39 is 0 Å². The Morgan fingerprint density at radius 2 is 1.76 bits per heavy atom. The lowest BCUT2D eigenvalue weighted by molar-refractivity contribution is 0.0819. The van der Waals surface area contributed by atoms with E-state index >= 15 is 0 Å². The van der Waals surface area contributed by atoms with Gasteiger partial charge in [-0.05, 0) is 42.5 Å². The van der Waals surface area contributed by atoms with Crippen LogP contribution in [0.3, 0.4) is 0 Å². The first-order valence-corrected chi connectivity index (χ1v) is 9.79. The molecule has 2 atom stereocenters. The number of rotatable bonds is 7. The minimum atomic E-state index is -0.240. The fourth-order valence-electron chi connectivity index (χ4n) is 2.95. The van der Waals surface area contributed by atoms with Crippen LogP contribution in [0.15, 0.2) is 48.5 Å². The van der Waals surface area contributed by atoms with Gasteiger partial charge in [-0.25, -0.2) is 0 Å². The molecule has 2 aromatic carbocycles. The summed E-state index contributed by atoms with van der Waals surface area (Å²) in [6, 6.07) is 15.9. The predicted molar refractivity (Wildman–Crippen MR) is 101 cm³/mol. The van der Waals surface area contributed by atoms with E-state index in [9.17, 15) is 9.18 Å². The van der Waals surface area contributed by atoms with Crippen LogP contribution in [-0.4, -0.2) is 17.9 Å². The lowest BCUT2D eigenvalue weighted by atomic mass is 9.97. The molecule has 0 saturated carbocycles. The maximum absolute atomic E-state index is 12.5. The molecule has 0 fully saturated rings. The molecular weight excluding hydrogens is 335 g/mol. The van der Waals surface area contributed by atoms with Gasteiger partial charge in [0, 0.05) is 5.75 Å². The van der Waals surface area contributed by atoms with Crippen molar-refractivity contribution in [1.82, 2.24) is 0 Å². The van der Waals surface area contributed by atoms with Gasteiger partial charge in [-0.3, -0.25) is 9.18 Å². The minimum Gasteiger partial charge on any atom is -0.478 e. The number of carbonyl (C=O) groups is 1. The Morgan fingerprint density at radius 3 is 2.52 bits per heavy atom. The van der Waals surface area contributed by atoms with Crippen molar-refractivity contribution in [2.75, 3.05) is 6.67 Å². The van der Waals surface area contributed by atoms with Crippen LogP contribution in [0.2, 0.25) is 0 Å².